The summed E-state index contributed by atoms with van der Waals surface area (Å²) < 4.78 is 0. The van der Waals surface area contributed by atoms with Crippen molar-refractivity contribution in [3.63, 3.8) is 0 Å². The van der Waals surface area contributed by atoms with Crippen LogP contribution in [0.1, 0.15) is 44.1 Å². The van der Waals surface area contributed by atoms with Gasteiger partial charge in [-0.3, -0.25) is 0 Å². The Morgan fingerprint density at radius 2 is 1.63 bits per heavy atom. The van der Waals surface area contributed by atoms with E-state index in [1.165, 1.54) is 49.8 Å². The van der Waals surface area contributed by atoms with E-state index in [4.69, 9.17) is 5.73 Å². The van der Waals surface area contributed by atoms with Crippen LogP contribution in [-0.2, 0) is 0 Å². The SMILES string of the molecule is Cc1ccc(N)c(NC23CC4CC(CC(C4)C2)C3)c1. The van der Waals surface area contributed by atoms with Gasteiger partial charge in [0.25, 0.3) is 0 Å². The highest BCUT2D eigenvalue weighted by molar-refractivity contribution is 5.68. The number of nitrogen functional groups attached to an aromatic ring is 1. The molecule has 4 fully saturated rings. The fourth-order valence-corrected chi connectivity index (χ4v) is 5.33. The van der Waals surface area contributed by atoms with E-state index in [1.807, 2.05) is 6.07 Å². The summed E-state index contributed by atoms with van der Waals surface area (Å²) in [6.45, 7) is 2.14. The standard InChI is InChI=1S/C17H24N2/c1-11-2-3-15(18)16(4-11)19-17-8-12-5-13(9-17)7-14(6-12)10-17/h2-4,12-14,19H,5-10,18H2,1H3. The molecule has 4 bridgehead atoms. The molecule has 19 heavy (non-hydrogen) atoms. The molecule has 0 aromatic heterocycles. The minimum atomic E-state index is 0.358. The lowest BCUT2D eigenvalue weighted by Crippen LogP contribution is -2.54. The molecule has 0 atom stereocenters. The van der Waals surface area contributed by atoms with Crippen molar-refractivity contribution in [1.29, 1.82) is 0 Å². The minimum Gasteiger partial charge on any atom is -0.397 e. The largest absolute Gasteiger partial charge is 0.397 e. The fraction of sp³-hybridized carbons (Fsp3) is 0.647. The molecule has 1 aromatic carbocycles. The summed E-state index contributed by atoms with van der Waals surface area (Å²) in [5.74, 6) is 2.93. The highest BCUT2D eigenvalue weighted by Gasteiger charge is 2.50. The second-order valence-electron chi connectivity index (χ2n) is 7.41. The predicted molar refractivity (Wildman–Crippen MR) is 80.1 cm³/mol. The average molecular weight is 256 g/mol. The number of benzene rings is 1. The van der Waals surface area contributed by atoms with Gasteiger partial charge < -0.3 is 11.1 Å². The number of hydrogen-bond acceptors (Lipinski definition) is 2. The Hall–Kier alpha value is -1.18. The highest BCUT2D eigenvalue weighted by atomic mass is 15.0. The Balaban J connectivity index is 1.64. The van der Waals surface area contributed by atoms with Crippen LogP contribution in [0.4, 0.5) is 11.4 Å². The van der Waals surface area contributed by atoms with Crippen LogP contribution in [0.2, 0.25) is 0 Å². The maximum atomic E-state index is 6.16. The van der Waals surface area contributed by atoms with Crippen molar-refractivity contribution in [2.45, 2.75) is 51.0 Å². The zero-order valence-electron chi connectivity index (χ0n) is 11.8. The first-order valence-corrected chi connectivity index (χ1v) is 7.76. The van der Waals surface area contributed by atoms with Crippen molar-refractivity contribution in [2.75, 3.05) is 11.1 Å². The molecule has 0 aliphatic heterocycles. The zero-order valence-corrected chi connectivity index (χ0v) is 11.8. The Labute approximate surface area is 115 Å². The van der Waals surface area contributed by atoms with Gasteiger partial charge in [-0.15, -0.1) is 0 Å². The van der Waals surface area contributed by atoms with Crippen molar-refractivity contribution in [1.82, 2.24) is 0 Å². The van der Waals surface area contributed by atoms with Gasteiger partial charge in [0.05, 0.1) is 11.4 Å². The first-order chi connectivity index (χ1) is 9.12. The van der Waals surface area contributed by atoms with E-state index >= 15 is 0 Å². The summed E-state index contributed by atoms with van der Waals surface area (Å²) in [5, 5.41) is 3.87. The first kappa shape index (κ1) is 11.6. The van der Waals surface area contributed by atoms with E-state index in [9.17, 15) is 0 Å². The molecule has 0 heterocycles. The van der Waals surface area contributed by atoms with Crippen molar-refractivity contribution in [3.8, 4) is 0 Å². The zero-order chi connectivity index (χ0) is 13.0. The maximum absolute atomic E-state index is 6.16. The van der Waals surface area contributed by atoms with Gasteiger partial charge in [0, 0.05) is 5.54 Å². The molecule has 0 spiro atoms. The third-order valence-corrected chi connectivity index (χ3v) is 5.65. The molecular weight excluding hydrogens is 232 g/mol. The molecule has 102 valence electrons. The number of rotatable bonds is 2. The number of anilines is 2. The monoisotopic (exact) mass is 256 g/mol. The van der Waals surface area contributed by atoms with Crippen LogP contribution in [0.3, 0.4) is 0 Å². The van der Waals surface area contributed by atoms with Crippen molar-refractivity contribution in [3.05, 3.63) is 23.8 Å². The molecular formula is C17H24N2. The van der Waals surface area contributed by atoms with Gasteiger partial charge in [-0.2, -0.15) is 0 Å². The Morgan fingerprint density at radius 1 is 1.05 bits per heavy atom. The molecule has 0 radical (unpaired) electrons. The molecule has 0 amide bonds. The first-order valence-electron chi connectivity index (χ1n) is 7.76. The quantitative estimate of drug-likeness (QED) is 0.786. The summed E-state index contributed by atoms with van der Waals surface area (Å²) in [4.78, 5) is 0. The van der Waals surface area contributed by atoms with E-state index in [-0.39, 0.29) is 0 Å². The maximum Gasteiger partial charge on any atom is 0.0580 e. The Morgan fingerprint density at radius 3 is 2.21 bits per heavy atom. The predicted octanol–water partition coefficient (Wildman–Crippen LogP) is 3.96. The van der Waals surface area contributed by atoms with Crippen LogP contribution in [0.25, 0.3) is 0 Å². The van der Waals surface area contributed by atoms with Crippen LogP contribution in [0, 0.1) is 24.7 Å². The van der Waals surface area contributed by atoms with Crippen LogP contribution in [0.5, 0.6) is 0 Å². The third-order valence-electron chi connectivity index (χ3n) is 5.65. The van der Waals surface area contributed by atoms with Gasteiger partial charge in [0.15, 0.2) is 0 Å². The van der Waals surface area contributed by atoms with E-state index in [0.717, 1.165) is 23.4 Å². The molecule has 4 aliphatic carbocycles. The van der Waals surface area contributed by atoms with Crippen LogP contribution in [0.15, 0.2) is 18.2 Å². The Bertz CT molecular complexity index is 471. The highest BCUT2D eigenvalue weighted by Crippen LogP contribution is 2.56. The van der Waals surface area contributed by atoms with Crippen molar-refractivity contribution < 1.29 is 0 Å². The fourth-order valence-electron chi connectivity index (χ4n) is 5.33. The van der Waals surface area contributed by atoms with Gasteiger partial charge in [-0.25, -0.2) is 0 Å². The molecule has 3 N–H and O–H groups in total. The summed E-state index contributed by atoms with van der Waals surface area (Å²) in [6.07, 6.45) is 8.57. The number of nitrogens with two attached hydrogens (primary N) is 1. The normalized spacial score (nSPS) is 39.5. The van der Waals surface area contributed by atoms with E-state index in [1.54, 1.807) is 0 Å². The summed E-state index contributed by atoms with van der Waals surface area (Å²) in [6, 6.07) is 6.35. The van der Waals surface area contributed by atoms with Crippen molar-refractivity contribution >= 4 is 11.4 Å². The molecule has 2 heteroatoms. The van der Waals surface area contributed by atoms with Crippen LogP contribution in [-0.4, -0.2) is 5.54 Å². The second kappa shape index (κ2) is 3.91. The molecule has 4 saturated carbocycles. The van der Waals surface area contributed by atoms with Gasteiger partial charge in [-0.1, -0.05) is 6.07 Å². The van der Waals surface area contributed by atoms with Gasteiger partial charge in [0.1, 0.15) is 0 Å². The number of aryl methyl sites for hydroxylation is 1. The van der Waals surface area contributed by atoms with E-state index in [0.29, 0.717) is 5.54 Å². The van der Waals surface area contributed by atoms with Crippen molar-refractivity contribution in [2.24, 2.45) is 17.8 Å². The third kappa shape index (κ3) is 1.92. The summed E-state index contributed by atoms with van der Waals surface area (Å²) in [7, 11) is 0. The minimum absolute atomic E-state index is 0.358. The topological polar surface area (TPSA) is 38.0 Å². The molecule has 5 rings (SSSR count). The lowest BCUT2D eigenvalue weighted by Gasteiger charge is -2.57. The molecule has 2 nitrogen and oxygen atoms in total. The van der Waals surface area contributed by atoms with Gasteiger partial charge >= 0.3 is 0 Å². The summed E-state index contributed by atoms with van der Waals surface area (Å²) >= 11 is 0. The van der Waals surface area contributed by atoms with E-state index < -0.39 is 0 Å². The van der Waals surface area contributed by atoms with Crippen LogP contribution < -0.4 is 11.1 Å². The van der Waals surface area contributed by atoms with E-state index in [2.05, 4.69) is 24.4 Å². The van der Waals surface area contributed by atoms with Gasteiger partial charge in [0.2, 0.25) is 0 Å². The molecule has 1 aromatic rings. The number of nitrogens with one attached hydrogen (secondary N) is 1. The lowest BCUT2D eigenvalue weighted by atomic mass is 9.53. The Kier molecular flexibility index (Phi) is 2.39. The average Bonchev–Trinajstić information content (AvgIpc) is 2.31. The second-order valence-corrected chi connectivity index (χ2v) is 7.41. The lowest BCUT2D eigenvalue weighted by molar-refractivity contribution is 0.0107. The smallest absolute Gasteiger partial charge is 0.0580 e. The molecule has 0 unspecified atom stereocenters. The number of hydrogen-bond donors (Lipinski definition) is 2. The summed E-state index contributed by atoms with van der Waals surface area (Å²) in [5.41, 5.74) is 9.88. The van der Waals surface area contributed by atoms with Crippen LogP contribution >= 0.6 is 0 Å². The molecule has 0 saturated heterocycles. The van der Waals surface area contributed by atoms with Gasteiger partial charge in [-0.05, 0) is 80.9 Å². The molecule has 4 aliphatic rings.